The molecule has 6 aliphatic rings. The van der Waals surface area contributed by atoms with Gasteiger partial charge in [-0.1, -0.05) is 52.9 Å². The van der Waals surface area contributed by atoms with Crippen molar-refractivity contribution in [1.82, 2.24) is 0 Å². The first-order valence-corrected chi connectivity index (χ1v) is 9.78. The van der Waals surface area contributed by atoms with Crippen molar-refractivity contribution < 1.29 is 9.53 Å². The standard InChI is InChI=1S/C19H19IO2/c1-8(21)22-17-14-10-7-11-13-12(10)16(17)19(15(11)14,18(13)20)9-5-3-2-4-6-9/h2-6,10-18H,7H2,1H3. The fourth-order valence-electron chi connectivity index (χ4n) is 8.16. The number of carbonyl (C=O) groups is 1. The molecule has 10 unspecified atom stereocenters. The predicted octanol–water partition coefficient (Wildman–Crippen LogP) is 3.43. The Bertz CT molecular complexity index is 688. The Morgan fingerprint density at radius 1 is 1.14 bits per heavy atom. The highest BCUT2D eigenvalue weighted by molar-refractivity contribution is 14.1. The fraction of sp³-hybridized carbons (Fsp3) is 0.632. The summed E-state index contributed by atoms with van der Waals surface area (Å²) in [6.45, 7) is 1.59. The lowest BCUT2D eigenvalue weighted by Crippen LogP contribution is -2.43. The van der Waals surface area contributed by atoms with Crippen molar-refractivity contribution in [2.75, 3.05) is 0 Å². The van der Waals surface area contributed by atoms with Crippen molar-refractivity contribution in [3.63, 3.8) is 0 Å². The molecule has 0 N–H and O–H groups in total. The van der Waals surface area contributed by atoms with Crippen LogP contribution in [0.25, 0.3) is 0 Å². The maximum atomic E-state index is 11.7. The summed E-state index contributed by atoms with van der Waals surface area (Å²) in [7, 11) is 0. The van der Waals surface area contributed by atoms with Crippen LogP contribution in [0.2, 0.25) is 0 Å². The quantitative estimate of drug-likeness (QED) is 0.428. The van der Waals surface area contributed by atoms with Gasteiger partial charge in [0.1, 0.15) is 6.10 Å². The van der Waals surface area contributed by atoms with Crippen LogP contribution in [-0.2, 0) is 14.9 Å². The molecule has 22 heavy (non-hydrogen) atoms. The minimum Gasteiger partial charge on any atom is -0.462 e. The zero-order chi connectivity index (χ0) is 14.8. The molecule has 6 saturated carbocycles. The van der Waals surface area contributed by atoms with Crippen LogP contribution in [0, 0.1) is 41.4 Å². The van der Waals surface area contributed by atoms with E-state index in [2.05, 4.69) is 52.9 Å². The molecule has 7 rings (SSSR count). The third kappa shape index (κ3) is 1.04. The first-order chi connectivity index (χ1) is 10.7. The van der Waals surface area contributed by atoms with Crippen LogP contribution in [0.1, 0.15) is 18.9 Å². The second-order valence-electron chi connectivity index (χ2n) is 8.12. The summed E-state index contributed by atoms with van der Waals surface area (Å²) in [5, 5.41) is 0. The van der Waals surface area contributed by atoms with Crippen molar-refractivity contribution in [2.24, 2.45) is 41.4 Å². The van der Waals surface area contributed by atoms with Gasteiger partial charge in [-0.2, -0.15) is 0 Å². The van der Waals surface area contributed by atoms with E-state index in [1.807, 2.05) is 0 Å². The largest absolute Gasteiger partial charge is 0.462 e. The van der Waals surface area contributed by atoms with Gasteiger partial charge in [-0.05, 0) is 41.6 Å². The molecule has 10 atom stereocenters. The molecule has 2 nitrogen and oxygen atoms in total. The lowest BCUT2D eigenvalue weighted by Gasteiger charge is -2.42. The molecule has 3 heteroatoms. The molecule has 0 spiro atoms. The first-order valence-electron chi connectivity index (χ1n) is 8.54. The summed E-state index contributed by atoms with van der Waals surface area (Å²) < 4.78 is 6.66. The van der Waals surface area contributed by atoms with Gasteiger partial charge in [0, 0.05) is 28.1 Å². The molecule has 0 amide bonds. The third-order valence-corrected chi connectivity index (χ3v) is 9.83. The Balaban J connectivity index is 1.58. The topological polar surface area (TPSA) is 26.3 Å². The second kappa shape index (κ2) is 3.73. The number of hydrogen-bond donors (Lipinski definition) is 0. The average molecular weight is 406 g/mol. The molecule has 114 valence electrons. The molecule has 6 bridgehead atoms. The van der Waals surface area contributed by atoms with Crippen molar-refractivity contribution >= 4 is 28.6 Å². The molecule has 1 aromatic rings. The molecular weight excluding hydrogens is 387 g/mol. The van der Waals surface area contributed by atoms with E-state index in [1.54, 1.807) is 6.92 Å². The van der Waals surface area contributed by atoms with Gasteiger partial charge in [0.2, 0.25) is 0 Å². The molecule has 6 fully saturated rings. The van der Waals surface area contributed by atoms with Gasteiger partial charge in [0.25, 0.3) is 0 Å². The van der Waals surface area contributed by atoms with Crippen LogP contribution in [0.4, 0.5) is 0 Å². The van der Waals surface area contributed by atoms with E-state index in [-0.39, 0.29) is 12.1 Å². The second-order valence-corrected chi connectivity index (χ2v) is 9.46. The zero-order valence-corrected chi connectivity index (χ0v) is 14.6. The van der Waals surface area contributed by atoms with Crippen molar-refractivity contribution in [3.05, 3.63) is 35.9 Å². The van der Waals surface area contributed by atoms with Gasteiger partial charge in [-0.15, -0.1) is 0 Å². The minimum absolute atomic E-state index is 0.0779. The highest BCUT2D eigenvalue weighted by Gasteiger charge is 2.89. The molecule has 0 aliphatic heterocycles. The van der Waals surface area contributed by atoms with Gasteiger partial charge in [-0.3, -0.25) is 4.79 Å². The normalized spacial score (nSPS) is 58.2. The molecular formula is C19H19IO2. The fourth-order valence-corrected chi connectivity index (χ4v) is 10.4. The predicted molar refractivity (Wildman–Crippen MR) is 90.5 cm³/mol. The summed E-state index contributed by atoms with van der Waals surface area (Å²) >= 11 is 2.76. The van der Waals surface area contributed by atoms with Crippen LogP contribution in [-0.4, -0.2) is 16.0 Å². The summed E-state index contributed by atoms with van der Waals surface area (Å²) in [4.78, 5) is 11.7. The van der Waals surface area contributed by atoms with Gasteiger partial charge in [0.15, 0.2) is 0 Å². The maximum absolute atomic E-state index is 11.7. The van der Waals surface area contributed by atoms with E-state index >= 15 is 0 Å². The zero-order valence-electron chi connectivity index (χ0n) is 12.5. The molecule has 0 radical (unpaired) electrons. The Hall–Kier alpha value is -0.580. The Kier molecular flexibility index (Phi) is 2.17. The van der Waals surface area contributed by atoms with E-state index in [0.29, 0.717) is 17.3 Å². The number of alkyl halides is 1. The summed E-state index contributed by atoms with van der Waals surface area (Å²) in [5.41, 5.74) is 1.82. The van der Waals surface area contributed by atoms with E-state index in [4.69, 9.17) is 4.74 Å². The Labute approximate surface area is 144 Å². The van der Waals surface area contributed by atoms with Crippen molar-refractivity contribution in [1.29, 1.82) is 0 Å². The molecule has 1 aromatic carbocycles. The average Bonchev–Trinajstić information content (AvgIpc) is 3.23. The maximum Gasteiger partial charge on any atom is 0.302 e. The third-order valence-electron chi connectivity index (χ3n) is 7.97. The van der Waals surface area contributed by atoms with Gasteiger partial charge >= 0.3 is 5.97 Å². The SMILES string of the molecule is CC(=O)OC1C2C3CC4C5C3C1C(c1ccccc1)(C5I)C42. The van der Waals surface area contributed by atoms with Crippen LogP contribution in [0.5, 0.6) is 0 Å². The Morgan fingerprint density at radius 2 is 1.91 bits per heavy atom. The van der Waals surface area contributed by atoms with E-state index in [1.165, 1.54) is 12.0 Å². The number of carbonyl (C=O) groups excluding carboxylic acids is 1. The number of rotatable bonds is 2. The van der Waals surface area contributed by atoms with Crippen LogP contribution in [0.3, 0.4) is 0 Å². The lowest BCUT2D eigenvalue weighted by atomic mass is 9.61. The van der Waals surface area contributed by atoms with Crippen LogP contribution < -0.4 is 0 Å². The lowest BCUT2D eigenvalue weighted by molar-refractivity contribution is -0.149. The number of halogens is 1. The first kappa shape index (κ1) is 12.8. The summed E-state index contributed by atoms with van der Waals surface area (Å²) in [6, 6.07) is 11.2. The van der Waals surface area contributed by atoms with E-state index in [0.717, 1.165) is 33.5 Å². The number of benzene rings is 1. The van der Waals surface area contributed by atoms with Crippen LogP contribution in [0.15, 0.2) is 30.3 Å². The highest BCUT2D eigenvalue weighted by atomic mass is 127. The van der Waals surface area contributed by atoms with Gasteiger partial charge < -0.3 is 4.74 Å². The van der Waals surface area contributed by atoms with Crippen molar-refractivity contribution in [3.8, 4) is 0 Å². The number of hydrogen-bond acceptors (Lipinski definition) is 2. The van der Waals surface area contributed by atoms with E-state index in [9.17, 15) is 4.79 Å². The van der Waals surface area contributed by atoms with Gasteiger partial charge in [-0.25, -0.2) is 0 Å². The Morgan fingerprint density at radius 3 is 2.64 bits per heavy atom. The molecule has 0 aromatic heterocycles. The summed E-state index contributed by atoms with van der Waals surface area (Å²) in [5.74, 6) is 5.40. The molecule has 0 saturated heterocycles. The van der Waals surface area contributed by atoms with Crippen molar-refractivity contribution in [2.45, 2.75) is 28.8 Å². The van der Waals surface area contributed by atoms with E-state index < -0.39 is 0 Å². The summed E-state index contributed by atoms with van der Waals surface area (Å²) in [6.07, 6.45) is 1.61. The smallest absolute Gasteiger partial charge is 0.302 e. The number of ether oxygens (including phenoxy) is 1. The minimum atomic E-state index is -0.0779. The molecule has 6 aliphatic carbocycles. The number of esters is 1. The van der Waals surface area contributed by atoms with Crippen LogP contribution >= 0.6 is 22.6 Å². The highest BCUT2D eigenvalue weighted by Crippen LogP contribution is 2.88. The monoisotopic (exact) mass is 406 g/mol. The molecule has 0 heterocycles. The van der Waals surface area contributed by atoms with Gasteiger partial charge in [0.05, 0.1) is 0 Å².